The maximum absolute atomic E-state index is 10.9. The van der Waals surface area contributed by atoms with Crippen LogP contribution in [0.2, 0.25) is 0 Å². The van der Waals surface area contributed by atoms with E-state index in [0.717, 1.165) is 0 Å². The van der Waals surface area contributed by atoms with Gasteiger partial charge in [0, 0.05) is 6.07 Å². The number of hydrogen-bond donors (Lipinski definition) is 2. The fraction of sp³-hybridized carbons (Fsp3) is 0.167. The van der Waals surface area contributed by atoms with Crippen molar-refractivity contribution in [3.05, 3.63) is 52.3 Å². The minimum absolute atomic E-state index is 0.0723. The molecular weight excluding hydrogens is 238 g/mol. The Kier molecular flexibility index (Phi) is 3.40. The van der Waals surface area contributed by atoms with Crippen molar-refractivity contribution in [3.8, 4) is 11.3 Å². The summed E-state index contributed by atoms with van der Waals surface area (Å²) in [5.41, 5.74) is 0.260. The molecule has 0 aliphatic rings. The van der Waals surface area contributed by atoms with Crippen molar-refractivity contribution in [2.75, 3.05) is 6.61 Å². The lowest BCUT2D eigenvalue weighted by atomic mass is 10.1. The van der Waals surface area contributed by atoms with Crippen LogP contribution in [0.3, 0.4) is 0 Å². The van der Waals surface area contributed by atoms with E-state index in [-0.39, 0.29) is 17.2 Å². The van der Waals surface area contributed by atoms with Gasteiger partial charge >= 0.3 is 0 Å². The molecule has 1 heterocycles. The Hall–Kier alpha value is -2.18. The summed E-state index contributed by atoms with van der Waals surface area (Å²) >= 11 is 0. The third-order valence-electron chi connectivity index (χ3n) is 2.49. The summed E-state index contributed by atoms with van der Waals surface area (Å²) in [7, 11) is 0. The standard InChI is InChI=1S/C12H11NO5/c14-7-10(15)12-6-5-11(18-12)8-3-1-2-4-9(8)13(16)17/h1-6,10,14-15H,7H2/t10-/m1/s1. The van der Waals surface area contributed by atoms with Crippen LogP contribution in [0.4, 0.5) is 5.69 Å². The molecule has 0 amide bonds. The van der Waals surface area contributed by atoms with E-state index in [9.17, 15) is 15.2 Å². The van der Waals surface area contributed by atoms with Gasteiger partial charge in [-0.1, -0.05) is 12.1 Å². The number of nitro benzene ring substituents is 1. The fourth-order valence-electron chi connectivity index (χ4n) is 1.61. The Morgan fingerprint density at radius 1 is 1.28 bits per heavy atom. The zero-order valence-electron chi connectivity index (χ0n) is 9.31. The molecule has 1 aromatic carbocycles. The van der Waals surface area contributed by atoms with Crippen LogP contribution >= 0.6 is 0 Å². The van der Waals surface area contributed by atoms with E-state index in [4.69, 9.17) is 9.52 Å². The number of nitrogens with zero attached hydrogens (tertiary/aromatic N) is 1. The Labute approximate surface area is 102 Å². The number of para-hydroxylation sites is 1. The molecule has 94 valence electrons. The Morgan fingerprint density at radius 2 is 2.00 bits per heavy atom. The summed E-state index contributed by atoms with van der Waals surface area (Å²) in [5, 5.41) is 29.0. The summed E-state index contributed by atoms with van der Waals surface area (Å²) in [5.74, 6) is 0.454. The highest BCUT2D eigenvalue weighted by Gasteiger charge is 2.18. The molecule has 0 aliphatic carbocycles. The van der Waals surface area contributed by atoms with E-state index in [0.29, 0.717) is 5.56 Å². The molecule has 6 nitrogen and oxygen atoms in total. The van der Waals surface area contributed by atoms with Crippen molar-refractivity contribution in [1.82, 2.24) is 0 Å². The van der Waals surface area contributed by atoms with E-state index in [1.165, 1.54) is 18.2 Å². The van der Waals surface area contributed by atoms with Crippen molar-refractivity contribution in [2.24, 2.45) is 0 Å². The minimum Gasteiger partial charge on any atom is -0.458 e. The van der Waals surface area contributed by atoms with Crippen LogP contribution in [0.15, 0.2) is 40.8 Å². The van der Waals surface area contributed by atoms with Crippen LogP contribution in [-0.4, -0.2) is 21.7 Å². The van der Waals surface area contributed by atoms with Gasteiger partial charge in [0.25, 0.3) is 5.69 Å². The van der Waals surface area contributed by atoms with E-state index in [1.54, 1.807) is 18.2 Å². The smallest absolute Gasteiger partial charge is 0.280 e. The van der Waals surface area contributed by atoms with Gasteiger partial charge in [0.1, 0.15) is 17.6 Å². The molecule has 0 bridgehead atoms. The second-order valence-electron chi connectivity index (χ2n) is 3.67. The number of nitro groups is 1. The van der Waals surface area contributed by atoms with E-state index < -0.39 is 17.6 Å². The molecule has 0 saturated carbocycles. The number of furan rings is 1. The van der Waals surface area contributed by atoms with Crippen molar-refractivity contribution in [3.63, 3.8) is 0 Å². The van der Waals surface area contributed by atoms with Crippen molar-refractivity contribution >= 4 is 5.69 Å². The fourth-order valence-corrected chi connectivity index (χ4v) is 1.61. The molecule has 2 N–H and O–H groups in total. The Morgan fingerprint density at radius 3 is 2.67 bits per heavy atom. The summed E-state index contributed by atoms with van der Waals surface area (Å²) in [6.07, 6.45) is -1.12. The highest BCUT2D eigenvalue weighted by atomic mass is 16.6. The molecule has 0 radical (unpaired) electrons. The summed E-state index contributed by atoms with van der Waals surface area (Å²) in [6, 6.07) is 9.16. The maximum Gasteiger partial charge on any atom is 0.280 e. The monoisotopic (exact) mass is 249 g/mol. The van der Waals surface area contributed by atoms with Gasteiger partial charge in [0.2, 0.25) is 0 Å². The molecule has 0 fully saturated rings. The SMILES string of the molecule is O=[N+]([O-])c1ccccc1-c1ccc([C@H](O)CO)o1. The quantitative estimate of drug-likeness (QED) is 0.637. The van der Waals surface area contributed by atoms with Crippen LogP contribution in [0.25, 0.3) is 11.3 Å². The lowest BCUT2D eigenvalue weighted by molar-refractivity contribution is -0.384. The first-order valence-corrected chi connectivity index (χ1v) is 5.26. The zero-order chi connectivity index (χ0) is 13.1. The molecule has 1 aromatic heterocycles. The third kappa shape index (κ3) is 2.24. The predicted octanol–water partition coefficient (Wildman–Crippen LogP) is 1.88. The third-order valence-corrected chi connectivity index (χ3v) is 2.49. The molecule has 0 aliphatic heterocycles. The number of benzene rings is 1. The molecule has 2 aromatic rings. The van der Waals surface area contributed by atoms with Crippen molar-refractivity contribution in [2.45, 2.75) is 6.10 Å². The van der Waals surface area contributed by atoms with Gasteiger partial charge in [-0.2, -0.15) is 0 Å². The molecule has 18 heavy (non-hydrogen) atoms. The predicted molar refractivity (Wildman–Crippen MR) is 62.8 cm³/mol. The molecule has 6 heteroatoms. The average Bonchev–Trinajstić information content (AvgIpc) is 2.87. The molecule has 0 spiro atoms. The number of aliphatic hydroxyl groups excluding tert-OH is 2. The first-order chi connectivity index (χ1) is 8.63. The maximum atomic E-state index is 10.9. The summed E-state index contributed by atoms with van der Waals surface area (Å²) in [4.78, 5) is 10.4. The average molecular weight is 249 g/mol. The summed E-state index contributed by atoms with van der Waals surface area (Å²) in [6.45, 7) is -0.468. The Balaban J connectivity index is 2.43. The van der Waals surface area contributed by atoms with E-state index in [1.807, 2.05) is 0 Å². The number of hydrogen-bond acceptors (Lipinski definition) is 5. The van der Waals surface area contributed by atoms with E-state index >= 15 is 0 Å². The second kappa shape index (κ2) is 4.99. The molecular formula is C12H11NO5. The van der Waals surface area contributed by atoms with Gasteiger partial charge in [-0.05, 0) is 18.2 Å². The topological polar surface area (TPSA) is 96.7 Å². The van der Waals surface area contributed by atoms with Gasteiger partial charge in [-0.25, -0.2) is 0 Å². The minimum atomic E-state index is -1.12. The molecule has 1 atom stereocenters. The molecule has 2 rings (SSSR count). The first-order valence-electron chi connectivity index (χ1n) is 5.26. The first kappa shape index (κ1) is 12.3. The van der Waals surface area contributed by atoms with Gasteiger partial charge in [0.05, 0.1) is 17.1 Å². The normalized spacial score (nSPS) is 12.3. The lowest BCUT2D eigenvalue weighted by Crippen LogP contribution is -2.00. The lowest BCUT2D eigenvalue weighted by Gasteiger charge is -2.02. The van der Waals surface area contributed by atoms with Gasteiger partial charge in [-0.15, -0.1) is 0 Å². The van der Waals surface area contributed by atoms with Gasteiger partial charge in [-0.3, -0.25) is 10.1 Å². The highest BCUT2D eigenvalue weighted by molar-refractivity contribution is 5.69. The van der Waals surface area contributed by atoms with Crippen LogP contribution in [0, 0.1) is 10.1 Å². The Bertz CT molecular complexity index is 563. The molecule has 0 unspecified atom stereocenters. The van der Waals surface area contributed by atoms with Crippen LogP contribution in [0.5, 0.6) is 0 Å². The highest BCUT2D eigenvalue weighted by Crippen LogP contribution is 2.32. The van der Waals surface area contributed by atoms with Gasteiger partial charge < -0.3 is 14.6 Å². The van der Waals surface area contributed by atoms with Crippen LogP contribution in [-0.2, 0) is 0 Å². The van der Waals surface area contributed by atoms with Crippen LogP contribution < -0.4 is 0 Å². The van der Waals surface area contributed by atoms with Crippen LogP contribution in [0.1, 0.15) is 11.9 Å². The number of aliphatic hydroxyl groups is 2. The molecule has 0 saturated heterocycles. The summed E-state index contributed by atoms with van der Waals surface area (Å²) < 4.78 is 5.30. The van der Waals surface area contributed by atoms with Crippen molar-refractivity contribution < 1.29 is 19.6 Å². The zero-order valence-corrected chi connectivity index (χ0v) is 9.31. The van der Waals surface area contributed by atoms with Crippen molar-refractivity contribution in [1.29, 1.82) is 0 Å². The van der Waals surface area contributed by atoms with Gasteiger partial charge in [0.15, 0.2) is 0 Å². The van der Waals surface area contributed by atoms with E-state index in [2.05, 4.69) is 0 Å². The number of rotatable bonds is 4. The largest absolute Gasteiger partial charge is 0.458 e. The second-order valence-corrected chi connectivity index (χ2v) is 3.67.